The highest BCUT2D eigenvalue weighted by atomic mass is 16.5. The molecule has 1 unspecified atom stereocenters. The number of morpholine rings is 1. The van der Waals surface area contributed by atoms with Gasteiger partial charge in [0.1, 0.15) is 6.10 Å². The summed E-state index contributed by atoms with van der Waals surface area (Å²) in [6, 6.07) is 12.4. The Morgan fingerprint density at radius 3 is 2.50 bits per heavy atom. The zero-order valence-electron chi connectivity index (χ0n) is 11.9. The topological polar surface area (TPSA) is 38.2 Å². The van der Waals surface area contributed by atoms with E-state index >= 15 is 0 Å². The third-order valence-corrected chi connectivity index (χ3v) is 3.48. The summed E-state index contributed by atoms with van der Waals surface area (Å²) in [6.45, 7) is 6.40. The molecule has 0 aliphatic carbocycles. The predicted octanol–water partition coefficient (Wildman–Crippen LogP) is 2.67. The number of hydrogen-bond donors (Lipinski definition) is 0. The summed E-state index contributed by atoms with van der Waals surface area (Å²) in [5.74, 6) is 0.795. The van der Waals surface area contributed by atoms with Gasteiger partial charge in [-0.25, -0.2) is 9.97 Å². The minimum atomic E-state index is -0.0532. The molecule has 0 spiro atoms. The fourth-order valence-corrected chi connectivity index (χ4v) is 2.58. The van der Waals surface area contributed by atoms with Crippen LogP contribution in [0.3, 0.4) is 0 Å². The molecule has 2 aromatic rings. The van der Waals surface area contributed by atoms with Crippen LogP contribution in [0.15, 0.2) is 36.4 Å². The largest absolute Gasteiger partial charge is 0.367 e. The molecule has 20 heavy (non-hydrogen) atoms. The van der Waals surface area contributed by atoms with Crippen molar-refractivity contribution < 1.29 is 4.74 Å². The van der Waals surface area contributed by atoms with Crippen molar-refractivity contribution >= 4 is 5.69 Å². The summed E-state index contributed by atoms with van der Waals surface area (Å²) in [4.78, 5) is 11.4. The minimum absolute atomic E-state index is 0.0532. The Balaban J connectivity index is 1.81. The van der Waals surface area contributed by atoms with E-state index in [4.69, 9.17) is 4.74 Å². The predicted molar refractivity (Wildman–Crippen MR) is 78.9 cm³/mol. The first-order chi connectivity index (χ1) is 9.72. The Kier molecular flexibility index (Phi) is 3.65. The van der Waals surface area contributed by atoms with Gasteiger partial charge in [0, 0.05) is 23.6 Å². The average molecular weight is 269 g/mol. The average Bonchev–Trinajstić information content (AvgIpc) is 2.47. The van der Waals surface area contributed by atoms with Gasteiger partial charge in [-0.2, -0.15) is 0 Å². The summed E-state index contributed by atoms with van der Waals surface area (Å²) in [5, 5.41) is 0. The number of nitrogens with zero attached hydrogens (tertiary/aromatic N) is 3. The van der Waals surface area contributed by atoms with Crippen LogP contribution in [0.2, 0.25) is 0 Å². The lowest BCUT2D eigenvalue weighted by Crippen LogP contribution is -2.39. The zero-order valence-corrected chi connectivity index (χ0v) is 11.9. The van der Waals surface area contributed by atoms with Gasteiger partial charge >= 0.3 is 0 Å². The molecule has 3 rings (SSSR count). The molecule has 104 valence electrons. The van der Waals surface area contributed by atoms with E-state index in [-0.39, 0.29) is 6.10 Å². The molecule has 1 fully saturated rings. The number of aryl methyl sites for hydroxylation is 2. The zero-order chi connectivity index (χ0) is 13.9. The van der Waals surface area contributed by atoms with E-state index in [0.29, 0.717) is 6.61 Å². The van der Waals surface area contributed by atoms with Crippen LogP contribution >= 0.6 is 0 Å². The maximum atomic E-state index is 5.86. The molecule has 1 aromatic heterocycles. The summed E-state index contributed by atoms with van der Waals surface area (Å²) in [5.41, 5.74) is 3.21. The Hall–Kier alpha value is -1.94. The lowest BCUT2D eigenvalue weighted by Gasteiger charge is -2.33. The number of benzene rings is 1. The maximum absolute atomic E-state index is 5.86. The summed E-state index contributed by atoms with van der Waals surface area (Å²) < 4.78 is 5.86. The van der Waals surface area contributed by atoms with Crippen LogP contribution in [0, 0.1) is 13.8 Å². The Morgan fingerprint density at radius 2 is 1.80 bits per heavy atom. The SMILES string of the molecule is Cc1cc(C)nc(C2CN(c3ccccc3)CCO2)n1. The van der Waals surface area contributed by atoms with Gasteiger partial charge in [-0.1, -0.05) is 18.2 Å². The van der Waals surface area contributed by atoms with Crippen molar-refractivity contribution in [2.45, 2.75) is 20.0 Å². The smallest absolute Gasteiger partial charge is 0.159 e. The first kappa shape index (κ1) is 13.1. The molecule has 0 bridgehead atoms. The molecule has 2 heterocycles. The summed E-state index contributed by atoms with van der Waals surface area (Å²) in [7, 11) is 0. The first-order valence-corrected chi connectivity index (χ1v) is 6.96. The Morgan fingerprint density at radius 1 is 1.10 bits per heavy atom. The molecule has 1 atom stereocenters. The minimum Gasteiger partial charge on any atom is -0.367 e. The molecule has 0 N–H and O–H groups in total. The fourth-order valence-electron chi connectivity index (χ4n) is 2.58. The molecular formula is C16H19N3O. The number of rotatable bonds is 2. The van der Waals surface area contributed by atoms with Gasteiger partial charge in [-0.3, -0.25) is 0 Å². The molecule has 4 nitrogen and oxygen atoms in total. The molecule has 0 radical (unpaired) electrons. The molecule has 0 amide bonds. The van der Waals surface area contributed by atoms with Gasteiger partial charge < -0.3 is 9.64 Å². The first-order valence-electron chi connectivity index (χ1n) is 6.96. The number of aromatic nitrogens is 2. The van der Waals surface area contributed by atoms with Crippen LogP contribution in [-0.4, -0.2) is 29.7 Å². The van der Waals surface area contributed by atoms with Crippen LogP contribution in [0.4, 0.5) is 5.69 Å². The normalized spacial score (nSPS) is 19.1. The summed E-state index contributed by atoms with van der Waals surface area (Å²) >= 11 is 0. The van der Waals surface area contributed by atoms with Crippen LogP contribution in [0.5, 0.6) is 0 Å². The van der Waals surface area contributed by atoms with Crippen molar-refractivity contribution in [3.05, 3.63) is 53.6 Å². The second kappa shape index (κ2) is 5.59. The van der Waals surface area contributed by atoms with Gasteiger partial charge in [0.05, 0.1) is 13.2 Å². The molecule has 1 aromatic carbocycles. The highest BCUT2D eigenvalue weighted by molar-refractivity contribution is 5.46. The monoisotopic (exact) mass is 269 g/mol. The van der Waals surface area contributed by atoms with E-state index in [1.807, 2.05) is 26.0 Å². The Bertz CT molecular complexity index is 565. The molecule has 1 saturated heterocycles. The number of hydrogen-bond acceptors (Lipinski definition) is 4. The molecule has 1 aliphatic rings. The second-order valence-electron chi connectivity index (χ2n) is 5.15. The van der Waals surface area contributed by atoms with Gasteiger partial charge in [0.15, 0.2) is 5.82 Å². The van der Waals surface area contributed by atoms with Crippen LogP contribution < -0.4 is 4.90 Å². The van der Waals surface area contributed by atoms with Crippen molar-refractivity contribution in [1.82, 2.24) is 9.97 Å². The lowest BCUT2D eigenvalue weighted by molar-refractivity contribution is 0.0338. The highest BCUT2D eigenvalue weighted by Crippen LogP contribution is 2.24. The molecule has 0 saturated carbocycles. The summed E-state index contributed by atoms with van der Waals surface area (Å²) in [6.07, 6.45) is -0.0532. The maximum Gasteiger partial charge on any atom is 0.159 e. The molecule has 1 aliphatic heterocycles. The number of para-hydroxylation sites is 1. The van der Waals surface area contributed by atoms with Crippen LogP contribution in [0.1, 0.15) is 23.3 Å². The molecule has 4 heteroatoms. The van der Waals surface area contributed by atoms with Gasteiger partial charge in [-0.15, -0.1) is 0 Å². The standard InChI is InChI=1S/C16H19N3O/c1-12-10-13(2)18-16(17-12)15-11-19(8-9-20-15)14-6-4-3-5-7-14/h3-7,10,15H,8-9,11H2,1-2H3. The van der Waals surface area contributed by atoms with Crippen molar-refractivity contribution in [1.29, 1.82) is 0 Å². The van der Waals surface area contributed by atoms with E-state index in [9.17, 15) is 0 Å². The van der Waals surface area contributed by atoms with Crippen LogP contribution in [-0.2, 0) is 4.74 Å². The van der Waals surface area contributed by atoms with E-state index in [2.05, 4.69) is 39.1 Å². The van der Waals surface area contributed by atoms with E-state index in [1.54, 1.807) is 0 Å². The third kappa shape index (κ3) is 2.80. The highest BCUT2D eigenvalue weighted by Gasteiger charge is 2.24. The fraction of sp³-hybridized carbons (Fsp3) is 0.375. The van der Waals surface area contributed by atoms with Crippen molar-refractivity contribution in [2.75, 3.05) is 24.6 Å². The molecular weight excluding hydrogens is 250 g/mol. The number of anilines is 1. The number of ether oxygens (including phenoxy) is 1. The van der Waals surface area contributed by atoms with Crippen molar-refractivity contribution in [3.63, 3.8) is 0 Å². The third-order valence-electron chi connectivity index (χ3n) is 3.48. The lowest BCUT2D eigenvalue weighted by atomic mass is 10.2. The van der Waals surface area contributed by atoms with E-state index < -0.39 is 0 Å². The van der Waals surface area contributed by atoms with Crippen molar-refractivity contribution in [2.24, 2.45) is 0 Å². The van der Waals surface area contributed by atoms with E-state index in [1.165, 1.54) is 5.69 Å². The van der Waals surface area contributed by atoms with Gasteiger partial charge in [0.25, 0.3) is 0 Å². The second-order valence-corrected chi connectivity index (χ2v) is 5.15. The van der Waals surface area contributed by atoms with Crippen LogP contribution in [0.25, 0.3) is 0 Å². The van der Waals surface area contributed by atoms with Crippen molar-refractivity contribution in [3.8, 4) is 0 Å². The van der Waals surface area contributed by atoms with Gasteiger partial charge in [0.2, 0.25) is 0 Å². The quantitative estimate of drug-likeness (QED) is 0.840. The Labute approximate surface area is 119 Å². The van der Waals surface area contributed by atoms with Gasteiger partial charge in [-0.05, 0) is 32.0 Å². The van der Waals surface area contributed by atoms with E-state index in [0.717, 1.165) is 30.3 Å².